The standard InChI is InChI=1S/C20H28N4O3S/c1-7-23-15(5)20(13(3)21-23)14(4)22-28(26,27)18-8-9-19-17(11-18)10-12(2)24(19)16(6)25/h8-9,11-12,14,22H,7,10H2,1-6H3/t12-,14+/m1/s1. The van der Waals surface area contributed by atoms with E-state index in [1.54, 1.807) is 23.1 Å². The molecule has 28 heavy (non-hydrogen) atoms. The van der Waals surface area contributed by atoms with Crippen LogP contribution in [0.3, 0.4) is 0 Å². The van der Waals surface area contributed by atoms with E-state index in [0.717, 1.165) is 34.7 Å². The van der Waals surface area contributed by atoms with Crippen LogP contribution in [0.25, 0.3) is 0 Å². The molecule has 0 unspecified atom stereocenters. The van der Waals surface area contributed by atoms with Crippen molar-refractivity contribution in [1.29, 1.82) is 0 Å². The molecule has 1 aliphatic rings. The zero-order valence-electron chi connectivity index (χ0n) is 17.3. The number of fused-ring (bicyclic) bond motifs is 1. The van der Waals surface area contributed by atoms with Crippen molar-refractivity contribution in [3.8, 4) is 0 Å². The number of carbonyl (C=O) groups excluding carboxylic acids is 1. The molecule has 1 amide bonds. The topological polar surface area (TPSA) is 84.3 Å². The third-order valence-corrected chi connectivity index (χ3v) is 6.96. The van der Waals surface area contributed by atoms with Gasteiger partial charge in [-0.1, -0.05) is 0 Å². The molecule has 0 aliphatic carbocycles. The van der Waals surface area contributed by atoms with Crippen LogP contribution in [0.1, 0.15) is 56.3 Å². The molecule has 2 aromatic rings. The van der Waals surface area contributed by atoms with Crippen LogP contribution in [0, 0.1) is 13.8 Å². The summed E-state index contributed by atoms with van der Waals surface area (Å²) in [7, 11) is -3.71. The van der Waals surface area contributed by atoms with Crippen molar-refractivity contribution >= 4 is 21.6 Å². The predicted octanol–water partition coefficient (Wildman–Crippen LogP) is 2.86. The van der Waals surface area contributed by atoms with E-state index in [2.05, 4.69) is 9.82 Å². The number of hydrogen-bond acceptors (Lipinski definition) is 4. The Hall–Kier alpha value is -2.19. The van der Waals surface area contributed by atoms with Gasteiger partial charge in [0.15, 0.2) is 0 Å². The maximum Gasteiger partial charge on any atom is 0.241 e. The van der Waals surface area contributed by atoms with Crippen molar-refractivity contribution in [3.63, 3.8) is 0 Å². The quantitative estimate of drug-likeness (QED) is 0.830. The average molecular weight is 405 g/mol. The van der Waals surface area contributed by atoms with Gasteiger partial charge in [0.05, 0.1) is 10.6 Å². The first-order valence-corrected chi connectivity index (χ1v) is 11.0. The molecular weight excluding hydrogens is 376 g/mol. The highest BCUT2D eigenvalue weighted by Gasteiger charge is 2.31. The van der Waals surface area contributed by atoms with E-state index in [9.17, 15) is 13.2 Å². The first kappa shape index (κ1) is 20.5. The second kappa shape index (κ2) is 7.33. The SMILES string of the molecule is CCn1nc(C)c([C@H](C)NS(=O)(=O)c2ccc3c(c2)C[C@@H](C)N3C(C)=O)c1C. The van der Waals surface area contributed by atoms with Crippen LogP contribution in [0.15, 0.2) is 23.1 Å². The van der Waals surface area contributed by atoms with Crippen LogP contribution in [-0.4, -0.2) is 30.1 Å². The molecule has 0 radical (unpaired) electrons. The molecule has 0 saturated carbocycles. The Morgan fingerprint density at radius 1 is 1.36 bits per heavy atom. The van der Waals surface area contributed by atoms with E-state index >= 15 is 0 Å². The van der Waals surface area contributed by atoms with Gasteiger partial charge in [-0.15, -0.1) is 0 Å². The first-order valence-electron chi connectivity index (χ1n) is 9.55. The third kappa shape index (κ3) is 3.46. The molecule has 152 valence electrons. The summed E-state index contributed by atoms with van der Waals surface area (Å²) in [6.45, 7) is 11.9. The number of aryl methyl sites for hydroxylation is 2. The van der Waals surface area contributed by atoms with Gasteiger partial charge in [-0.05, 0) is 64.8 Å². The number of carbonyl (C=O) groups is 1. The number of nitrogens with one attached hydrogen (secondary N) is 1. The molecule has 1 aromatic heterocycles. The van der Waals surface area contributed by atoms with Crippen molar-refractivity contribution in [3.05, 3.63) is 40.7 Å². The number of sulfonamides is 1. The summed E-state index contributed by atoms with van der Waals surface area (Å²) >= 11 is 0. The molecular formula is C20H28N4O3S. The van der Waals surface area contributed by atoms with Crippen LogP contribution in [-0.2, 0) is 27.8 Å². The Labute approximate surface area is 166 Å². The molecule has 2 heterocycles. The van der Waals surface area contributed by atoms with Gasteiger partial charge in [-0.25, -0.2) is 13.1 Å². The summed E-state index contributed by atoms with van der Waals surface area (Å²) in [5.74, 6) is -0.0347. The molecule has 1 aromatic carbocycles. The zero-order chi connectivity index (χ0) is 20.8. The Balaban J connectivity index is 1.90. The smallest absolute Gasteiger partial charge is 0.241 e. The summed E-state index contributed by atoms with van der Waals surface area (Å²) in [5.41, 5.74) is 4.37. The third-order valence-electron chi connectivity index (χ3n) is 5.42. The fourth-order valence-electron chi connectivity index (χ4n) is 4.26. The van der Waals surface area contributed by atoms with Crippen molar-refractivity contribution in [2.75, 3.05) is 4.90 Å². The van der Waals surface area contributed by atoms with Gasteiger partial charge >= 0.3 is 0 Å². The minimum Gasteiger partial charge on any atom is -0.309 e. The molecule has 0 fully saturated rings. The molecule has 7 nitrogen and oxygen atoms in total. The monoisotopic (exact) mass is 404 g/mol. The van der Waals surface area contributed by atoms with E-state index in [-0.39, 0.29) is 16.8 Å². The number of aromatic nitrogens is 2. The minimum atomic E-state index is -3.71. The number of hydrogen-bond donors (Lipinski definition) is 1. The molecule has 0 saturated heterocycles. The molecule has 2 atom stereocenters. The molecule has 1 aliphatic heterocycles. The first-order chi connectivity index (χ1) is 13.1. The Kier molecular flexibility index (Phi) is 5.38. The summed E-state index contributed by atoms with van der Waals surface area (Å²) in [6, 6.07) is 4.61. The van der Waals surface area contributed by atoms with Gasteiger partial charge in [0, 0.05) is 42.5 Å². The molecule has 3 rings (SSSR count). The molecule has 1 N–H and O–H groups in total. The number of amides is 1. The highest BCUT2D eigenvalue weighted by molar-refractivity contribution is 7.89. The van der Waals surface area contributed by atoms with Crippen molar-refractivity contribution < 1.29 is 13.2 Å². The maximum absolute atomic E-state index is 13.0. The van der Waals surface area contributed by atoms with E-state index < -0.39 is 16.1 Å². The summed E-state index contributed by atoms with van der Waals surface area (Å²) in [4.78, 5) is 13.8. The van der Waals surface area contributed by atoms with E-state index in [1.807, 2.05) is 39.3 Å². The van der Waals surface area contributed by atoms with E-state index in [4.69, 9.17) is 0 Å². The van der Waals surface area contributed by atoms with Crippen molar-refractivity contribution in [2.24, 2.45) is 0 Å². The number of nitrogens with zero attached hydrogens (tertiary/aromatic N) is 3. The van der Waals surface area contributed by atoms with Gasteiger partial charge in [0.1, 0.15) is 0 Å². The summed E-state index contributed by atoms with van der Waals surface area (Å²) in [6.07, 6.45) is 0.648. The minimum absolute atomic E-state index is 0.0301. The lowest BCUT2D eigenvalue weighted by Crippen LogP contribution is -2.33. The lowest BCUT2D eigenvalue weighted by atomic mass is 10.1. The lowest BCUT2D eigenvalue weighted by Gasteiger charge is -2.20. The Morgan fingerprint density at radius 2 is 2.04 bits per heavy atom. The second-order valence-corrected chi connectivity index (χ2v) is 9.19. The van der Waals surface area contributed by atoms with Crippen LogP contribution >= 0.6 is 0 Å². The number of rotatable bonds is 5. The Bertz CT molecular complexity index is 1030. The zero-order valence-corrected chi connectivity index (χ0v) is 18.1. The summed E-state index contributed by atoms with van der Waals surface area (Å²) in [5, 5.41) is 4.48. The molecule has 8 heteroatoms. The average Bonchev–Trinajstić information content (AvgIpc) is 3.08. The van der Waals surface area contributed by atoms with Gasteiger partial charge in [0.2, 0.25) is 15.9 Å². The lowest BCUT2D eigenvalue weighted by molar-refractivity contribution is -0.116. The fraction of sp³-hybridized carbons (Fsp3) is 0.500. The maximum atomic E-state index is 13.0. The van der Waals surface area contributed by atoms with Gasteiger partial charge in [-0.3, -0.25) is 9.48 Å². The summed E-state index contributed by atoms with van der Waals surface area (Å²) < 4.78 is 30.6. The van der Waals surface area contributed by atoms with Crippen LogP contribution in [0.5, 0.6) is 0 Å². The van der Waals surface area contributed by atoms with Crippen LogP contribution < -0.4 is 9.62 Å². The highest BCUT2D eigenvalue weighted by Crippen LogP contribution is 2.34. The van der Waals surface area contributed by atoms with Gasteiger partial charge in [-0.2, -0.15) is 5.10 Å². The van der Waals surface area contributed by atoms with Crippen molar-refractivity contribution in [2.45, 2.75) is 71.5 Å². The van der Waals surface area contributed by atoms with Gasteiger partial charge < -0.3 is 4.90 Å². The highest BCUT2D eigenvalue weighted by atomic mass is 32.2. The number of anilines is 1. The second-order valence-electron chi connectivity index (χ2n) is 7.48. The largest absolute Gasteiger partial charge is 0.309 e. The predicted molar refractivity (Wildman–Crippen MR) is 109 cm³/mol. The van der Waals surface area contributed by atoms with Gasteiger partial charge in [0.25, 0.3) is 0 Å². The van der Waals surface area contributed by atoms with Crippen molar-refractivity contribution in [1.82, 2.24) is 14.5 Å². The molecule has 0 bridgehead atoms. The fourth-order valence-corrected chi connectivity index (χ4v) is 5.52. The number of benzene rings is 1. The normalized spacial score (nSPS) is 17.6. The molecule has 0 spiro atoms. The van der Waals surface area contributed by atoms with E-state index in [1.165, 1.54) is 6.92 Å². The Morgan fingerprint density at radius 3 is 2.61 bits per heavy atom. The van der Waals surface area contributed by atoms with Crippen LogP contribution in [0.4, 0.5) is 5.69 Å². The van der Waals surface area contributed by atoms with E-state index in [0.29, 0.717) is 6.42 Å². The van der Waals surface area contributed by atoms with Crippen LogP contribution in [0.2, 0.25) is 0 Å².